The molecular formula is C15H22ClFN2. The van der Waals surface area contributed by atoms with Crippen LogP contribution in [0.4, 0.5) is 4.39 Å². The summed E-state index contributed by atoms with van der Waals surface area (Å²) >= 11 is 5.86. The van der Waals surface area contributed by atoms with Gasteiger partial charge in [0.1, 0.15) is 5.82 Å². The lowest BCUT2D eigenvalue weighted by Crippen LogP contribution is -2.35. The summed E-state index contributed by atoms with van der Waals surface area (Å²) in [5, 5.41) is 3.87. The third-order valence-electron chi connectivity index (χ3n) is 3.91. The maximum absolute atomic E-state index is 13.5. The fourth-order valence-corrected chi connectivity index (χ4v) is 2.88. The van der Waals surface area contributed by atoms with Crippen LogP contribution in [-0.4, -0.2) is 31.1 Å². The number of benzene rings is 1. The molecule has 0 bridgehead atoms. The van der Waals surface area contributed by atoms with Gasteiger partial charge in [0.05, 0.1) is 0 Å². The minimum atomic E-state index is -0.193. The second kappa shape index (κ2) is 7.22. The zero-order valence-electron chi connectivity index (χ0n) is 11.5. The fourth-order valence-electron chi connectivity index (χ4n) is 2.68. The van der Waals surface area contributed by atoms with Crippen LogP contribution in [0.15, 0.2) is 18.2 Å². The van der Waals surface area contributed by atoms with Crippen molar-refractivity contribution in [3.05, 3.63) is 34.6 Å². The molecule has 0 radical (unpaired) electrons. The van der Waals surface area contributed by atoms with Crippen molar-refractivity contribution in [2.45, 2.75) is 38.3 Å². The SMILES string of the molecule is CN(CCNCc1cc(Cl)ccc1F)C1CCCC1. The average Bonchev–Trinajstić information content (AvgIpc) is 2.92. The second-order valence-corrected chi connectivity index (χ2v) is 5.77. The molecule has 1 N–H and O–H groups in total. The minimum absolute atomic E-state index is 0.193. The predicted molar refractivity (Wildman–Crippen MR) is 78.0 cm³/mol. The van der Waals surface area contributed by atoms with Gasteiger partial charge >= 0.3 is 0 Å². The second-order valence-electron chi connectivity index (χ2n) is 5.33. The Morgan fingerprint density at radius 1 is 1.37 bits per heavy atom. The third kappa shape index (κ3) is 4.44. The van der Waals surface area contributed by atoms with Crippen molar-refractivity contribution in [3.63, 3.8) is 0 Å². The number of rotatable bonds is 6. The zero-order valence-corrected chi connectivity index (χ0v) is 12.2. The number of halogens is 2. The van der Waals surface area contributed by atoms with Crippen LogP contribution < -0.4 is 5.32 Å². The molecule has 0 unspecified atom stereocenters. The highest BCUT2D eigenvalue weighted by molar-refractivity contribution is 6.30. The molecule has 1 saturated carbocycles. The summed E-state index contributed by atoms with van der Waals surface area (Å²) < 4.78 is 13.5. The maximum atomic E-state index is 13.5. The van der Waals surface area contributed by atoms with E-state index in [2.05, 4.69) is 17.3 Å². The standard InChI is InChI=1S/C15H22ClFN2/c1-19(14-4-2-3-5-14)9-8-18-11-12-10-13(16)6-7-15(12)17/h6-7,10,14,18H,2-5,8-9,11H2,1H3. The first-order chi connectivity index (χ1) is 9.16. The number of hydrogen-bond donors (Lipinski definition) is 1. The molecule has 1 fully saturated rings. The van der Waals surface area contributed by atoms with Gasteiger partial charge in [0.25, 0.3) is 0 Å². The van der Waals surface area contributed by atoms with Gasteiger partial charge in [-0.05, 0) is 38.1 Å². The maximum Gasteiger partial charge on any atom is 0.127 e. The summed E-state index contributed by atoms with van der Waals surface area (Å²) in [6.45, 7) is 2.41. The summed E-state index contributed by atoms with van der Waals surface area (Å²) in [7, 11) is 2.18. The van der Waals surface area contributed by atoms with E-state index < -0.39 is 0 Å². The molecule has 1 aliphatic rings. The predicted octanol–water partition coefficient (Wildman–Crippen LogP) is 3.44. The van der Waals surface area contributed by atoms with Crippen molar-refractivity contribution >= 4 is 11.6 Å². The van der Waals surface area contributed by atoms with E-state index in [0.717, 1.165) is 19.1 Å². The van der Waals surface area contributed by atoms with Crippen molar-refractivity contribution in [2.75, 3.05) is 20.1 Å². The van der Waals surface area contributed by atoms with E-state index in [1.54, 1.807) is 12.1 Å². The number of likely N-dealkylation sites (N-methyl/N-ethyl adjacent to an activating group) is 1. The summed E-state index contributed by atoms with van der Waals surface area (Å²) in [4.78, 5) is 2.41. The van der Waals surface area contributed by atoms with E-state index in [1.165, 1.54) is 31.7 Å². The van der Waals surface area contributed by atoms with E-state index in [0.29, 0.717) is 17.1 Å². The molecule has 0 heterocycles. The summed E-state index contributed by atoms with van der Waals surface area (Å²) in [5.74, 6) is -0.193. The highest BCUT2D eigenvalue weighted by atomic mass is 35.5. The quantitative estimate of drug-likeness (QED) is 0.805. The van der Waals surface area contributed by atoms with E-state index in [4.69, 9.17) is 11.6 Å². The Morgan fingerprint density at radius 3 is 2.84 bits per heavy atom. The van der Waals surface area contributed by atoms with Gasteiger partial charge in [-0.25, -0.2) is 4.39 Å². The highest BCUT2D eigenvalue weighted by Gasteiger charge is 2.18. The number of nitrogens with zero attached hydrogens (tertiary/aromatic N) is 1. The normalized spacial score (nSPS) is 16.4. The molecule has 106 valence electrons. The molecule has 1 aliphatic carbocycles. The molecule has 0 aromatic heterocycles. The van der Waals surface area contributed by atoms with Crippen molar-refractivity contribution < 1.29 is 4.39 Å². The lowest BCUT2D eigenvalue weighted by atomic mass is 10.2. The molecule has 19 heavy (non-hydrogen) atoms. The summed E-state index contributed by atoms with van der Waals surface area (Å²) in [6.07, 6.45) is 5.35. The van der Waals surface area contributed by atoms with E-state index in [-0.39, 0.29) is 5.82 Å². The molecule has 0 saturated heterocycles. The van der Waals surface area contributed by atoms with E-state index in [9.17, 15) is 4.39 Å². The van der Waals surface area contributed by atoms with Crippen molar-refractivity contribution in [1.82, 2.24) is 10.2 Å². The molecular weight excluding hydrogens is 263 g/mol. The lowest BCUT2D eigenvalue weighted by molar-refractivity contribution is 0.245. The molecule has 4 heteroatoms. The van der Waals surface area contributed by atoms with Gasteiger partial charge in [-0.2, -0.15) is 0 Å². The van der Waals surface area contributed by atoms with Crippen LogP contribution >= 0.6 is 11.6 Å². The third-order valence-corrected chi connectivity index (χ3v) is 4.15. The Balaban J connectivity index is 1.70. The van der Waals surface area contributed by atoms with Gasteiger partial charge in [-0.3, -0.25) is 0 Å². The molecule has 2 nitrogen and oxygen atoms in total. The first kappa shape index (κ1) is 14.8. The highest BCUT2D eigenvalue weighted by Crippen LogP contribution is 2.21. The minimum Gasteiger partial charge on any atom is -0.311 e. The van der Waals surface area contributed by atoms with E-state index >= 15 is 0 Å². The first-order valence-corrected chi connectivity index (χ1v) is 7.39. The largest absolute Gasteiger partial charge is 0.311 e. The van der Waals surface area contributed by atoms with Gasteiger partial charge in [-0.1, -0.05) is 24.4 Å². The molecule has 0 spiro atoms. The van der Waals surface area contributed by atoms with Gasteiger partial charge in [0, 0.05) is 36.3 Å². The van der Waals surface area contributed by atoms with Crippen LogP contribution in [0.3, 0.4) is 0 Å². The van der Waals surface area contributed by atoms with Crippen molar-refractivity contribution in [3.8, 4) is 0 Å². The van der Waals surface area contributed by atoms with Gasteiger partial charge in [0.2, 0.25) is 0 Å². The smallest absolute Gasteiger partial charge is 0.127 e. The average molecular weight is 285 g/mol. The molecule has 0 atom stereocenters. The molecule has 1 aromatic carbocycles. The first-order valence-electron chi connectivity index (χ1n) is 7.01. The van der Waals surface area contributed by atoms with Gasteiger partial charge in [-0.15, -0.1) is 0 Å². The topological polar surface area (TPSA) is 15.3 Å². The van der Waals surface area contributed by atoms with Gasteiger partial charge in [0.15, 0.2) is 0 Å². The summed E-state index contributed by atoms with van der Waals surface area (Å²) in [6, 6.07) is 5.42. The van der Waals surface area contributed by atoms with Crippen LogP contribution in [0.25, 0.3) is 0 Å². The van der Waals surface area contributed by atoms with Crippen LogP contribution in [0.5, 0.6) is 0 Å². The molecule has 0 amide bonds. The summed E-state index contributed by atoms with van der Waals surface area (Å²) in [5.41, 5.74) is 0.635. The Hall–Kier alpha value is -0.640. The van der Waals surface area contributed by atoms with E-state index in [1.807, 2.05) is 0 Å². The van der Waals surface area contributed by atoms with Crippen LogP contribution in [0, 0.1) is 5.82 Å². The Labute approximate surface area is 119 Å². The molecule has 0 aliphatic heterocycles. The number of hydrogen-bond acceptors (Lipinski definition) is 2. The van der Waals surface area contributed by atoms with Crippen LogP contribution in [0.1, 0.15) is 31.2 Å². The lowest BCUT2D eigenvalue weighted by Gasteiger charge is -2.24. The number of nitrogens with one attached hydrogen (secondary N) is 1. The fraction of sp³-hybridized carbons (Fsp3) is 0.600. The van der Waals surface area contributed by atoms with Crippen LogP contribution in [0.2, 0.25) is 5.02 Å². The molecule has 1 aromatic rings. The Kier molecular flexibility index (Phi) is 5.61. The van der Waals surface area contributed by atoms with Gasteiger partial charge < -0.3 is 10.2 Å². The monoisotopic (exact) mass is 284 g/mol. The molecule has 2 rings (SSSR count). The Bertz CT molecular complexity index is 405. The van der Waals surface area contributed by atoms with Crippen molar-refractivity contribution in [1.29, 1.82) is 0 Å². The van der Waals surface area contributed by atoms with Crippen LogP contribution in [-0.2, 0) is 6.54 Å². The van der Waals surface area contributed by atoms with Crippen molar-refractivity contribution in [2.24, 2.45) is 0 Å². The zero-order chi connectivity index (χ0) is 13.7. The Morgan fingerprint density at radius 2 is 2.11 bits per heavy atom.